The number of thioether (sulfide) groups is 1. The molecule has 5 aliphatic rings. The van der Waals surface area contributed by atoms with Gasteiger partial charge in [0.1, 0.15) is 0 Å². The number of carbonyl (C=O) groups excluding carboxylic acids is 2. The second-order valence-electron chi connectivity index (χ2n) is 11.4. The van der Waals surface area contributed by atoms with E-state index in [1.54, 1.807) is 11.5 Å². The first kappa shape index (κ1) is 23.1. The lowest BCUT2D eigenvalue weighted by molar-refractivity contribution is -0.119. The summed E-state index contributed by atoms with van der Waals surface area (Å²) in [6.07, 6.45) is 11.1. The van der Waals surface area contributed by atoms with Gasteiger partial charge < -0.3 is 5.32 Å². The number of hydrogen-bond donors (Lipinski definition) is 2. The minimum absolute atomic E-state index is 0.0443. The second-order valence-corrected chi connectivity index (χ2v) is 12.7. The van der Waals surface area contributed by atoms with Crippen molar-refractivity contribution in [2.24, 2.45) is 17.8 Å². The van der Waals surface area contributed by atoms with E-state index in [2.05, 4.69) is 10.6 Å². The molecule has 8 heteroatoms. The summed E-state index contributed by atoms with van der Waals surface area (Å²) in [6.45, 7) is 1.78. The molecule has 5 fully saturated rings. The molecule has 5 aliphatic carbocycles. The Hall–Kier alpha value is -2.35. The highest BCUT2D eigenvalue weighted by atomic mass is 32.2. The highest BCUT2D eigenvalue weighted by molar-refractivity contribution is 8.00. The van der Waals surface area contributed by atoms with Crippen LogP contribution in [0.4, 0.5) is 4.79 Å². The number of hydrogen-bond acceptors (Lipinski definition) is 5. The van der Waals surface area contributed by atoms with Gasteiger partial charge in [-0.1, -0.05) is 36.7 Å². The zero-order valence-electron chi connectivity index (χ0n) is 20.3. The maximum atomic E-state index is 13.4. The molecule has 0 saturated heterocycles. The molecule has 1 atom stereocenters. The number of aromatic nitrogens is 2. The van der Waals surface area contributed by atoms with Crippen LogP contribution in [0, 0.1) is 17.8 Å². The monoisotopic (exact) mass is 494 g/mol. The van der Waals surface area contributed by atoms with Crippen molar-refractivity contribution in [3.8, 4) is 0 Å². The summed E-state index contributed by atoms with van der Waals surface area (Å²) in [5.74, 6) is 1.81. The minimum atomic E-state index is -0.558. The molecular weight excluding hydrogens is 460 g/mol. The predicted molar refractivity (Wildman–Crippen MR) is 136 cm³/mol. The molecule has 0 spiro atoms. The highest BCUT2D eigenvalue weighted by Crippen LogP contribution is 2.55. The summed E-state index contributed by atoms with van der Waals surface area (Å²) in [6, 6.07) is 7.10. The summed E-state index contributed by atoms with van der Waals surface area (Å²) >= 11 is 1.27. The number of urea groups is 1. The number of imide groups is 1. The fourth-order valence-electron chi connectivity index (χ4n) is 7.65. The van der Waals surface area contributed by atoms with E-state index >= 15 is 0 Å². The van der Waals surface area contributed by atoms with Crippen molar-refractivity contribution < 1.29 is 9.59 Å². The molecule has 3 amide bonds. The van der Waals surface area contributed by atoms with Crippen LogP contribution in [0.5, 0.6) is 0 Å². The van der Waals surface area contributed by atoms with Crippen LogP contribution in [0.1, 0.15) is 77.2 Å². The van der Waals surface area contributed by atoms with Crippen molar-refractivity contribution in [3.63, 3.8) is 0 Å². The van der Waals surface area contributed by atoms with Crippen LogP contribution in [-0.4, -0.2) is 32.3 Å². The summed E-state index contributed by atoms with van der Waals surface area (Å²) in [4.78, 5) is 44.0. The Morgan fingerprint density at radius 2 is 1.69 bits per heavy atom. The number of rotatable bonds is 5. The van der Waals surface area contributed by atoms with E-state index in [9.17, 15) is 14.4 Å². The van der Waals surface area contributed by atoms with Crippen molar-refractivity contribution >= 4 is 34.6 Å². The Balaban J connectivity index is 1.17. The number of fused-ring (bicyclic) bond motifs is 1. The lowest BCUT2D eigenvalue weighted by Crippen LogP contribution is -2.62. The molecule has 2 aromatic rings. The average molecular weight is 495 g/mol. The van der Waals surface area contributed by atoms with Crippen molar-refractivity contribution in [2.45, 2.75) is 93.1 Å². The van der Waals surface area contributed by atoms with Gasteiger partial charge in [-0.3, -0.25) is 19.5 Å². The van der Waals surface area contributed by atoms with Gasteiger partial charge in [0.25, 0.3) is 5.56 Å². The van der Waals surface area contributed by atoms with E-state index in [4.69, 9.17) is 4.98 Å². The van der Waals surface area contributed by atoms with E-state index in [1.807, 2.05) is 24.3 Å². The van der Waals surface area contributed by atoms with Gasteiger partial charge in [0.2, 0.25) is 5.91 Å². The molecule has 4 bridgehead atoms. The van der Waals surface area contributed by atoms with Gasteiger partial charge in [-0.2, -0.15) is 0 Å². The molecule has 0 unspecified atom stereocenters. The van der Waals surface area contributed by atoms with E-state index in [0.29, 0.717) is 16.1 Å². The molecule has 1 heterocycles. The van der Waals surface area contributed by atoms with E-state index < -0.39 is 5.25 Å². The van der Waals surface area contributed by atoms with Gasteiger partial charge in [0.05, 0.1) is 16.2 Å². The van der Waals surface area contributed by atoms with Crippen LogP contribution in [0.15, 0.2) is 34.2 Å². The number of carbonyl (C=O) groups is 2. The highest BCUT2D eigenvalue weighted by Gasteiger charge is 2.51. The molecule has 186 valence electrons. The Morgan fingerprint density at radius 1 is 1.06 bits per heavy atom. The van der Waals surface area contributed by atoms with Gasteiger partial charge in [-0.25, -0.2) is 9.78 Å². The normalized spacial score (nSPS) is 30.5. The number of amides is 3. The first-order valence-corrected chi connectivity index (χ1v) is 14.1. The van der Waals surface area contributed by atoms with Gasteiger partial charge in [0, 0.05) is 11.6 Å². The zero-order chi connectivity index (χ0) is 24.2. The fourth-order valence-corrected chi connectivity index (χ4v) is 8.63. The topological polar surface area (TPSA) is 93.1 Å². The summed E-state index contributed by atoms with van der Waals surface area (Å²) in [5, 5.41) is 6.41. The second kappa shape index (κ2) is 8.95. The lowest BCUT2D eigenvalue weighted by atomic mass is 9.53. The molecule has 1 aromatic carbocycles. The quantitative estimate of drug-likeness (QED) is 0.461. The molecule has 0 aliphatic heterocycles. The van der Waals surface area contributed by atoms with Gasteiger partial charge in [-0.05, 0) is 88.2 Å². The van der Waals surface area contributed by atoms with Crippen LogP contribution >= 0.6 is 11.8 Å². The maximum Gasteiger partial charge on any atom is 0.321 e. The number of nitrogens with zero attached hydrogens (tertiary/aromatic N) is 2. The SMILES string of the molecule is C[C@@H](Sc1nc2ccccc2c(=O)n1C1CCCC1)C(=O)NC(=O)NC12CC3CC(CC(C3)C1)C2. The summed E-state index contributed by atoms with van der Waals surface area (Å²) < 4.78 is 1.79. The third kappa shape index (κ3) is 4.39. The van der Waals surface area contributed by atoms with E-state index in [-0.39, 0.29) is 29.1 Å². The Kier molecular flexibility index (Phi) is 5.90. The number of benzene rings is 1. The third-order valence-corrected chi connectivity index (χ3v) is 9.84. The first-order chi connectivity index (χ1) is 16.9. The molecule has 5 saturated carbocycles. The lowest BCUT2D eigenvalue weighted by Gasteiger charge is -2.56. The predicted octanol–water partition coefficient (Wildman–Crippen LogP) is 4.79. The van der Waals surface area contributed by atoms with Crippen molar-refractivity contribution in [1.82, 2.24) is 20.2 Å². The Bertz CT molecular complexity index is 1180. The van der Waals surface area contributed by atoms with Gasteiger partial charge in [-0.15, -0.1) is 0 Å². The molecule has 1 aromatic heterocycles. The zero-order valence-corrected chi connectivity index (χ0v) is 21.1. The van der Waals surface area contributed by atoms with E-state index in [0.717, 1.165) is 62.7 Å². The molecule has 7 nitrogen and oxygen atoms in total. The average Bonchev–Trinajstić information content (AvgIpc) is 3.32. The molecule has 7 rings (SSSR count). The minimum Gasteiger partial charge on any atom is -0.332 e. The number of nitrogens with one attached hydrogen (secondary N) is 2. The Morgan fingerprint density at radius 3 is 2.34 bits per heavy atom. The van der Waals surface area contributed by atoms with Crippen molar-refractivity contribution in [2.75, 3.05) is 0 Å². The molecular formula is C27H34N4O3S. The van der Waals surface area contributed by atoms with Crippen molar-refractivity contribution in [1.29, 1.82) is 0 Å². The third-order valence-electron chi connectivity index (χ3n) is 8.77. The first-order valence-electron chi connectivity index (χ1n) is 13.2. The number of para-hydroxylation sites is 1. The van der Waals surface area contributed by atoms with Gasteiger partial charge >= 0.3 is 6.03 Å². The van der Waals surface area contributed by atoms with Crippen LogP contribution in [0.3, 0.4) is 0 Å². The van der Waals surface area contributed by atoms with Gasteiger partial charge in [0.15, 0.2) is 5.16 Å². The van der Waals surface area contributed by atoms with E-state index in [1.165, 1.54) is 31.0 Å². The van der Waals surface area contributed by atoms with Crippen LogP contribution in [-0.2, 0) is 4.79 Å². The fraction of sp³-hybridized carbons (Fsp3) is 0.630. The Labute approximate surface area is 209 Å². The van der Waals surface area contributed by atoms with Crippen molar-refractivity contribution in [3.05, 3.63) is 34.6 Å². The summed E-state index contributed by atoms with van der Waals surface area (Å²) in [7, 11) is 0. The van der Waals surface area contributed by atoms with Crippen LogP contribution < -0.4 is 16.2 Å². The smallest absolute Gasteiger partial charge is 0.321 e. The van der Waals surface area contributed by atoms with Crippen LogP contribution in [0.25, 0.3) is 10.9 Å². The molecule has 35 heavy (non-hydrogen) atoms. The molecule has 0 radical (unpaired) electrons. The maximum absolute atomic E-state index is 13.4. The van der Waals surface area contributed by atoms with Crippen LogP contribution in [0.2, 0.25) is 0 Å². The standard InChI is InChI=1S/C27H34N4O3S/c1-16(23(32)29-25(34)30-27-13-17-10-18(14-27)12-19(11-17)15-27)35-26-28-22-9-5-4-8-21(22)24(33)31(26)20-6-2-3-7-20/h4-5,8-9,16-20H,2-3,6-7,10-15H2,1H3,(H2,29,30,32,34)/t16-,17?,18?,19?,27?/m1/s1. The summed E-state index contributed by atoms with van der Waals surface area (Å²) in [5.41, 5.74) is 0.455. The largest absolute Gasteiger partial charge is 0.332 e. The molecule has 2 N–H and O–H groups in total.